The number of guanidine groups is 1. The molecule has 0 fully saturated rings. The van der Waals surface area contributed by atoms with Crippen LogP contribution in [-0.4, -0.2) is 38.8 Å². The van der Waals surface area contributed by atoms with Crippen molar-refractivity contribution in [2.24, 2.45) is 4.99 Å². The lowest BCUT2D eigenvalue weighted by atomic mass is 10.1. The molecular weight excluding hydrogens is 340 g/mol. The van der Waals surface area contributed by atoms with Crippen LogP contribution in [0.4, 0.5) is 0 Å². The molecule has 0 aliphatic heterocycles. The van der Waals surface area contributed by atoms with Gasteiger partial charge in [-0.3, -0.25) is 4.99 Å². The number of nitrogens with zero attached hydrogens (tertiary/aromatic N) is 1. The Morgan fingerprint density at radius 1 is 1.04 bits per heavy atom. The number of rotatable bonds is 7. The smallest absolute Gasteiger partial charge is 0.191 e. The molecule has 0 atom stereocenters. The van der Waals surface area contributed by atoms with Gasteiger partial charge in [-0.25, -0.2) is 0 Å². The highest BCUT2D eigenvalue weighted by Gasteiger charge is 2.06. The van der Waals surface area contributed by atoms with Crippen LogP contribution in [0.25, 0.3) is 10.9 Å². The van der Waals surface area contributed by atoms with E-state index < -0.39 is 0 Å². The summed E-state index contributed by atoms with van der Waals surface area (Å²) in [6.45, 7) is 1.45. The van der Waals surface area contributed by atoms with Crippen molar-refractivity contribution >= 4 is 16.9 Å². The topological polar surface area (TPSA) is 70.7 Å². The van der Waals surface area contributed by atoms with Crippen LogP contribution >= 0.6 is 0 Å². The number of fused-ring (bicyclic) bond motifs is 1. The Morgan fingerprint density at radius 3 is 2.63 bits per heavy atom. The normalized spacial score (nSPS) is 11.4. The Hall–Kier alpha value is -3.15. The molecule has 142 valence electrons. The lowest BCUT2D eigenvalue weighted by molar-refractivity contribution is 0.354. The SMILES string of the molecule is CN=C(NCCc1c[nH]c2ccccc12)NCc1ccc(OC)c(OC)c1. The first-order chi connectivity index (χ1) is 13.2. The lowest BCUT2D eigenvalue weighted by Gasteiger charge is -2.13. The summed E-state index contributed by atoms with van der Waals surface area (Å²) < 4.78 is 10.6. The summed E-state index contributed by atoms with van der Waals surface area (Å²) in [5, 5.41) is 7.96. The molecular formula is C21H26N4O2. The molecule has 3 rings (SSSR count). The van der Waals surface area contributed by atoms with E-state index in [0.717, 1.165) is 36.0 Å². The number of aromatic amines is 1. The average Bonchev–Trinajstić information content (AvgIpc) is 3.13. The highest BCUT2D eigenvalue weighted by Crippen LogP contribution is 2.27. The third-order valence-corrected chi connectivity index (χ3v) is 4.49. The second-order valence-electron chi connectivity index (χ2n) is 6.15. The van der Waals surface area contributed by atoms with Gasteiger partial charge in [0, 0.05) is 37.2 Å². The Balaban J connectivity index is 1.52. The maximum Gasteiger partial charge on any atom is 0.191 e. The summed E-state index contributed by atoms with van der Waals surface area (Å²) in [6.07, 6.45) is 2.99. The highest BCUT2D eigenvalue weighted by molar-refractivity contribution is 5.83. The predicted molar refractivity (Wildman–Crippen MR) is 110 cm³/mol. The molecule has 0 aliphatic rings. The van der Waals surface area contributed by atoms with Crippen molar-refractivity contribution in [3.63, 3.8) is 0 Å². The van der Waals surface area contributed by atoms with Crippen LogP contribution in [0, 0.1) is 0 Å². The molecule has 3 N–H and O–H groups in total. The van der Waals surface area contributed by atoms with Crippen molar-refractivity contribution in [1.82, 2.24) is 15.6 Å². The maximum atomic E-state index is 5.35. The van der Waals surface area contributed by atoms with E-state index >= 15 is 0 Å². The third kappa shape index (κ3) is 4.53. The van der Waals surface area contributed by atoms with Crippen molar-refractivity contribution in [1.29, 1.82) is 0 Å². The first-order valence-corrected chi connectivity index (χ1v) is 8.95. The molecule has 0 saturated carbocycles. The van der Waals surface area contributed by atoms with E-state index in [0.29, 0.717) is 6.54 Å². The van der Waals surface area contributed by atoms with Crippen molar-refractivity contribution in [3.8, 4) is 11.5 Å². The van der Waals surface area contributed by atoms with Crippen LogP contribution in [0.2, 0.25) is 0 Å². The summed E-state index contributed by atoms with van der Waals surface area (Å²) in [4.78, 5) is 7.60. The number of ether oxygens (including phenoxy) is 2. The minimum atomic E-state index is 0.646. The fraction of sp³-hybridized carbons (Fsp3) is 0.286. The van der Waals surface area contributed by atoms with E-state index in [4.69, 9.17) is 9.47 Å². The van der Waals surface area contributed by atoms with Crippen molar-refractivity contribution in [2.45, 2.75) is 13.0 Å². The van der Waals surface area contributed by atoms with Gasteiger partial charge in [-0.05, 0) is 35.7 Å². The third-order valence-electron chi connectivity index (χ3n) is 4.49. The van der Waals surface area contributed by atoms with Gasteiger partial charge in [-0.2, -0.15) is 0 Å². The number of aromatic nitrogens is 1. The fourth-order valence-electron chi connectivity index (χ4n) is 3.05. The Labute approximate surface area is 159 Å². The monoisotopic (exact) mass is 366 g/mol. The van der Waals surface area contributed by atoms with Crippen LogP contribution in [-0.2, 0) is 13.0 Å². The zero-order valence-corrected chi connectivity index (χ0v) is 16.0. The standard InChI is InChI=1S/C21H26N4O2/c1-22-21(25-13-15-8-9-19(26-2)20(12-15)27-3)23-11-10-16-14-24-18-7-5-4-6-17(16)18/h4-9,12,14,24H,10-11,13H2,1-3H3,(H2,22,23,25). The van der Waals surface area contributed by atoms with Gasteiger partial charge in [0.25, 0.3) is 0 Å². The number of aliphatic imine (C=N–C) groups is 1. The zero-order valence-electron chi connectivity index (χ0n) is 16.0. The second-order valence-corrected chi connectivity index (χ2v) is 6.15. The molecule has 0 radical (unpaired) electrons. The van der Waals surface area contributed by atoms with Crippen LogP contribution in [0.3, 0.4) is 0 Å². The van der Waals surface area contributed by atoms with Gasteiger partial charge in [0.1, 0.15) is 0 Å². The zero-order chi connectivity index (χ0) is 19.1. The van der Waals surface area contributed by atoms with Crippen LogP contribution in [0.15, 0.2) is 53.7 Å². The highest BCUT2D eigenvalue weighted by atomic mass is 16.5. The van der Waals surface area contributed by atoms with Gasteiger partial charge in [0.2, 0.25) is 0 Å². The first kappa shape index (κ1) is 18.6. The molecule has 1 heterocycles. The minimum Gasteiger partial charge on any atom is -0.493 e. The van der Waals surface area contributed by atoms with Crippen molar-refractivity contribution in [3.05, 3.63) is 59.8 Å². The van der Waals surface area contributed by atoms with E-state index in [1.165, 1.54) is 16.5 Å². The summed E-state index contributed by atoms with van der Waals surface area (Å²) in [7, 11) is 5.05. The summed E-state index contributed by atoms with van der Waals surface area (Å²) in [5.74, 6) is 2.21. The van der Waals surface area contributed by atoms with Gasteiger partial charge < -0.3 is 25.1 Å². The molecule has 0 amide bonds. The Bertz CT molecular complexity index is 917. The predicted octanol–water partition coefficient (Wildman–Crippen LogP) is 3.09. The first-order valence-electron chi connectivity index (χ1n) is 8.95. The molecule has 1 aromatic heterocycles. The molecule has 6 heteroatoms. The van der Waals surface area contributed by atoms with Crippen molar-refractivity contribution < 1.29 is 9.47 Å². The number of methoxy groups -OCH3 is 2. The van der Waals surface area contributed by atoms with E-state index in [2.05, 4.69) is 45.0 Å². The summed E-state index contributed by atoms with van der Waals surface area (Å²) >= 11 is 0. The quantitative estimate of drug-likeness (QED) is 0.444. The van der Waals surface area contributed by atoms with Crippen LogP contribution in [0.1, 0.15) is 11.1 Å². The molecule has 0 spiro atoms. The van der Waals surface area contributed by atoms with Gasteiger partial charge in [-0.1, -0.05) is 24.3 Å². The molecule has 0 unspecified atom stereocenters. The molecule has 0 saturated heterocycles. The minimum absolute atomic E-state index is 0.646. The van der Waals surface area contributed by atoms with Crippen LogP contribution in [0.5, 0.6) is 11.5 Å². The molecule has 0 aliphatic carbocycles. The van der Waals surface area contributed by atoms with Gasteiger partial charge in [0.05, 0.1) is 14.2 Å². The average molecular weight is 366 g/mol. The fourth-order valence-corrected chi connectivity index (χ4v) is 3.05. The Kier molecular flexibility index (Phi) is 6.20. The summed E-state index contributed by atoms with van der Waals surface area (Å²) in [6, 6.07) is 14.2. The van der Waals surface area contributed by atoms with Gasteiger partial charge in [0.15, 0.2) is 17.5 Å². The van der Waals surface area contributed by atoms with E-state index in [1.807, 2.05) is 24.3 Å². The number of nitrogens with one attached hydrogen (secondary N) is 3. The second kappa shape index (κ2) is 8.98. The van der Waals surface area contributed by atoms with Crippen LogP contribution < -0.4 is 20.1 Å². The van der Waals surface area contributed by atoms with Crippen molar-refractivity contribution in [2.75, 3.05) is 27.8 Å². The molecule has 27 heavy (non-hydrogen) atoms. The van der Waals surface area contributed by atoms with Gasteiger partial charge in [-0.15, -0.1) is 0 Å². The van der Waals surface area contributed by atoms with E-state index in [9.17, 15) is 0 Å². The summed E-state index contributed by atoms with van der Waals surface area (Å²) in [5.41, 5.74) is 3.56. The number of hydrogen-bond donors (Lipinski definition) is 3. The maximum absolute atomic E-state index is 5.35. The Morgan fingerprint density at radius 2 is 1.85 bits per heavy atom. The van der Waals surface area contributed by atoms with E-state index in [-0.39, 0.29) is 0 Å². The molecule has 0 bridgehead atoms. The molecule has 3 aromatic rings. The number of benzene rings is 2. The van der Waals surface area contributed by atoms with E-state index in [1.54, 1.807) is 21.3 Å². The number of para-hydroxylation sites is 1. The molecule has 6 nitrogen and oxygen atoms in total. The lowest BCUT2D eigenvalue weighted by Crippen LogP contribution is -2.37. The number of hydrogen-bond acceptors (Lipinski definition) is 3. The largest absolute Gasteiger partial charge is 0.493 e. The molecule has 2 aromatic carbocycles. The van der Waals surface area contributed by atoms with Gasteiger partial charge >= 0.3 is 0 Å². The number of H-pyrrole nitrogens is 1.